The van der Waals surface area contributed by atoms with Gasteiger partial charge >= 0.3 is 6.36 Å². The fourth-order valence-electron chi connectivity index (χ4n) is 3.09. The third kappa shape index (κ3) is 8.05. The molecule has 0 unspecified atom stereocenters. The number of aliphatic imine (C=N–C) groups is 1. The normalized spacial score (nSPS) is 15.4. The Bertz CT molecular complexity index is 855. The number of pyridine rings is 1. The first-order chi connectivity index (χ1) is 14.3. The Labute approximate surface area is 196 Å². The standard InChI is InChI=1S/C20H25F3N6O.HI/c1-28-9-11-29(12-10-28)18-16(3-2-8-25-18)14-27-19(24)26-13-15-4-6-17(7-5-15)30-20(21,22)23;/h2-8H,9-14H2,1H3,(H3,24,26,27);1H. The summed E-state index contributed by atoms with van der Waals surface area (Å²) in [4.78, 5) is 13.3. The fraction of sp³-hybridized carbons (Fsp3) is 0.400. The molecule has 1 fully saturated rings. The van der Waals surface area contributed by atoms with E-state index in [-0.39, 0.29) is 42.2 Å². The minimum absolute atomic E-state index is 0. The molecule has 1 saturated heterocycles. The second kappa shape index (κ2) is 11.4. The third-order valence-electron chi connectivity index (χ3n) is 4.72. The van der Waals surface area contributed by atoms with Crippen LogP contribution in [0.1, 0.15) is 11.1 Å². The Morgan fingerprint density at radius 1 is 1.16 bits per heavy atom. The summed E-state index contributed by atoms with van der Waals surface area (Å²) in [5.74, 6) is 0.916. The molecule has 2 heterocycles. The SMILES string of the molecule is CN1CCN(c2ncccc2CNC(N)=NCc2ccc(OC(F)(F)F)cc2)CC1.I. The van der Waals surface area contributed by atoms with Gasteiger partial charge in [-0.1, -0.05) is 18.2 Å². The summed E-state index contributed by atoms with van der Waals surface area (Å²) in [5, 5.41) is 3.08. The maximum absolute atomic E-state index is 12.2. The Morgan fingerprint density at radius 3 is 2.48 bits per heavy atom. The van der Waals surface area contributed by atoms with Gasteiger partial charge in [0, 0.05) is 44.5 Å². The third-order valence-corrected chi connectivity index (χ3v) is 4.72. The molecule has 170 valence electrons. The van der Waals surface area contributed by atoms with Crippen molar-refractivity contribution in [1.29, 1.82) is 0 Å². The van der Waals surface area contributed by atoms with Gasteiger partial charge in [0.15, 0.2) is 5.96 Å². The van der Waals surface area contributed by atoms with Crippen LogP contribution in [0.25, 0.3) is 0 Å². The van der Waals surface area contributed by atoms with E-state index in [2.05, 4.69) is 36.9 Å². The molecule has 0 bridgehead atoms. The quantitative estimate of drug-likeness (QED) is 0.327. The summed E-state index contributed by atoms with van der Waals surface area (Å²) in [6, 6.07) is 9.42. The van der Waals surface area contributed by atoms with Crippen LogP contribution in [0.5, 0.6) is 5.75 Å². The van der Waals surface area contributed by atoms with Crippen LogP contribution in [0, 0.1) is 0 Å². The largest absolute Gasteiger partial charge is 0.573 e. The van der Waals surface area contributed by atoms with E-state index in [9.17, 15) is 13.2 Å². The molecule has 2 aromatic rings. The average Bonchev–Trinajstić information content (AvgIpc) is 2.71. The fourth-order valence-corrected chi connectivity index (χ4v) is 3.09. The summed E-state index contributed by atoms with van der Waals surface area (Å²) in [6.45, 7) is 4.52. The lowest BCUT2D eigenvalue weighted by atomic mass is 10.2. The molecule has 3 N–H and O–H groups in total. The Hall–Kier alpha value is -2.28. The number of rotatable bonds is 6. The van der Waals surface area contributed by atoms with Crippen LogP contribution < -0.4 is 20.7 Å². The van der Waals surface area contributed by atoms with E-state index in [1.54, 1.807) is 6.20 Å². The lowest BCUT2D eigenvalue weighted by molar-refractivity contribution is -0.274. The zero-order valence-corrected chi connectivity index (χ0v) is 19.4. The molecule has 3 rings (SSSR count). The predicted octanol–water partition coefficient (Wildman–Crippen LogP) is 2.95. The topological polar surface area (TPSA) is 79.0 Å². The number of halogens is 4. The second-order valence-corrected chi connectivity index (χ2v) is 7.02. The van der Waals surface area contributed by atoms with Crippen molar-refractivity contribution >= 4 is 35.8 Å². The second-order valence-electron chi connectivity index (χ2n) is 7.02. The number of aromatic nitrogens is 1. The Morgan fingerprint density at radius 2 is 1.84 bits per heavy atom. The highest BCUT2D eigenvalue weighted by molar-refractivity contribution is 14.0. The summed E-state index contributed by atoms with van der Waals surface area (Å²) in [6.07, 6.45) is -2.93. The van der Waals surface area contributed by atoms with Gasteiger partial charge in [0.25, 0.3) is 0 Å². The van der Waals surface area contributed by atoms with Crippen LogP contribution in [-0.4, -0.2) is 55.4 Å². The molecule has 0 saturated carbocycles. The van der Waals surface area contributed by atoms with Gasteiger partial charge in [0.05, 0.1) is 6.54 Å². The van der Waals surface area contributed by atoms with Crippen molar-refractivity contribution in [3.63, 3.8) is 0 Å². The minimum atomic E-state index is -4.71. The number of nitrogens with two attached hydrogens (primary N) is 1. The maximum atomic E-state index is 12.2. The lowest BCUT2D eigenvalue weighted by Crippen LogP contribution is -2.45. The molecule has 31 heavy (non-hydrogen) atoms. The van der Waals surface area contributed by atoms with E-state index >= 15 is 0 Å². The van der Waals surface area contributed by atoms with Gasteiger partial charge in [0.1, 0.15) is 11.6 Å². The first kappa shape index (κ1) is 25.0. The molecular formula is C20H26F3IN6O. The highest BCUT2D eigenvalue weighted by Crippen LogP contribution is 2.23. The lowest BCUT2D eigenvalue weighted by Gasteiger charge is -2.34. The van der Waals surface area contributed by atoms with Crippen molar-refractivity contribution in [2.75, 3.05) is 38.1 Å². The average molecular weight is 550 g/mol. The van der Waals surface area contributed by atoms with Gasteiger partial charge in [-0.15, -0.1) is 37.1 Å². The minimum Gasteiger partial charge on any atom is -0.406 e. The first-order valence-electron chi connectivity index (χ1n) is 9.56. The van der Waals surface area contributed by atoms with Crippen LogP contribution in [0.3, 0.4) is 0 Å². The predicted molar refractivity (Wildman–Crippen MR) is 125 cm³/mol. The molecule has 1 aliphatic rings. The number of hydrogen-bond acceptors (Lipinski definition) is 5. The molecule has 0 aliphatic carbocycles. The number of alkyl halides is 3. The number of anilines is 1. The molecule has 1 aromatic carbocycles. The number of likely N-dealkylation sites (N-methyl/N-ethyl adjacent to an activating group) is 1. The first-order valence-corrected chi connectivity index (χ1v) is 9.56. The number of ether oxygens (including phenoxy) is 1. The number of hydrogen-bond donors (Lipinski definition) is 2. The zero-order valence-electron chi connectivity index (χ0n) is 17.1. The molecule has 0 amide bonds. The summed E-state index contributed by atoms with van der Waals surface area (Å²) in [5.41, 5.74) is 7.69. The monoisotopic (exact) mass is 550 g/mol. The molecule has 7 nitrogen and oxygen atoms in total. The van der Waals surface area contributed by atoms with E-state index < -0.39 is 6.36 Å². The van der Waals surface area contributed by atoms with Crippen LogP contribution in [-0.2, 0) is 13.1 Å². The zero-order chi connectivity index (χ0) is 21.6. The van der Waals surface area contributed by atoms with E-state index in [1.165, 1.54) is 24.3 Å². The smallest absolute Gasteiger partial charge is 0.406 e. The summed E-state index contributed by atoms with van der Waals surface area (Å²) in [7, 11) is 2.10. The highest BCUT2D eigenvalue weighted by atomic mass is 127. The van der Waals surface area contributed by atoms with Crippen molar-refractivity contribution in [2.45, 2.75) is 19.5 Å². The summed E-state index contributed by atoms with van der Waals surface area (Å²) < 4.78 is 40.5. The van der Waals surface area contributed by atoms with Crippen LogP contribution >= 0.6 is 24.0 Å². The number of piperazine rings is 1. The number of nitrogens with zero attached hydrogens (tertiary/aromatic N) is 4. The highest BCUT2D eigenvalue weighted by Gasteiger charge is 2.30. The van der Waals surface area contributed by atoms with Crippen LogP contribution in [0.15, 0.2) is 47.6 Å². The van der Waals surface area contributed by atoms with E-state index in [4.69, 9.17) is 5.73 Å². The van der Waals surface area contributed by atoms with Crippen molar-refractivity contribution in [1.82, 2.24) is 15.2 Å². The Kier molecular flexibility index (Phi) is 9.16. The van der Waals surface area contributed by atoms with Gasteiger partial charge in [-0.05, 0) is 30.8 Å². The van der Waals surface area contributed by atoms with Gasteiger partial charge in [-0.2, -0.15) is 0 Å². The van der Waals surface area contributed by atoms with Crippen LogP contribution in [0.4, 0.5) is 19.0 Å². The molecule has 11 heteroatoms. The molecule has 0 atom stereocenters. The van der Waals surface area contributed by atoms with Gasteiger partial charge in [0.2, 0.25) is 0 Å². The summed E-state index contributed by atoms with van der Waals surface area (Å²) >= 11 is 0. The molecule has 1 aliphatic heterocycles. The molecule has 0 spiro atoms. The van der Waals surface area contributed by atoms with Gasteiger partial charge < -0.3 is 25.6 Å². The van der Waals surface area contributed by atoms with E-state index in [0.717, 1.165) is 37.6 Å². The number of benzene rings is 1. The van der Waals surface area contributed by atoms with Gasteiger partial charge in [-0.3, -0.25) is 0 Å². The molecule has 1 aromatic heterocycles. The van der Waals surface area contributed by atoms with Gasteiger partial charge in [-0.25, -0.2) is 9.98 Å². The van der Waals surface area contributed by atoms with E-state index in [0.29, 0.717) is 12.1 Å². The molecule has 0 radical (unpaired) electrons. The maximum Gasteiger partial charge on any atom is 0.573 e. The van der Waals surface area contributed by atoms with E-state index in [1.807, 2.05) is 12.1 Å². The Balaban J connectivity index is 0.00000341. The number of guanidine groups is 1. The number of nitrogens with one attached hydrogen (secondary N) is 1. The van der Waals surface area contributed by atoms with Crippen molar-refractivity contribution in [3.05, 3.63) is 53.7 Å². The van der Waals surface area contributed by atoms with Crippen molar-refractivity contribution < 1.29 is 17.9 Å². The van der Waals surface area contributed by atoms with Crippen LogP contribution in [0.2, 0.25) is 0 Å². The van der Waals surface area contributed by atoms with Crippen molar-refractivity contribution in [2.24, 2.45) is 10.7 Å². The molecular weight excluding hydrogens is 524 g/mol. The van der Waals surface area contributed by atoms with Crippen molar-refractivity contribution in [3.8, 4) is 5.75 Å².